The summed E-state index contributed by atoms with van der Waals surface area (Å²) in [7, 11) is 2.16. The highest BCUT2D eigenvalue weighted by molar-refractivity contribution is 5.92. The van der Waals surface area contributed by atoms with Gasteiger partial charge in [-0.3, -0.25) is 9.78 Å². The number of nitrogens with one attached hydrogen (secondary N) is 1. The number of nitrogens with zero attached hydrogens (tertiary/aromatic N) is 6. The molecule has 2 atom stereocenters. The predicted molar refractivity (Wildman–Crippen MR) is 150 cm³/mol. The van der Waals surface area contributed by atoms with Crippen LogP contribution in [-0.4, -0.2) is 82.8 Å². The first-order valence-electron chi connectivity index (χ1n) is 13.4. The van der Waals surface area contributed by atoms with E-state index in [1.165, 1.54) is 11.1 Å². The van der Waals surface area contributed by atoms with Gasteiger partial charge in [-0.1, -0.05) is 18.2 Å². The molecule has 4 heterocycles. The van der Waals surface area contributed by atoms with Crippen molar-refractivity contribution in [1.29, 1.82) is 0 Å². The fourth-order valence-corrected chi connectivity index (χ4v) is 5.15. The summed E-state index contributed by atoms with van der Waals surface area (Å²) in [5.74, 6) is 2.50. The van der Waals surface area contributed by atoms with Gasteiger partial charge in [-0.15, -0.1) is 0 Å². The van der Waals surface area contributed by atoms with Gasteiger partial charge in [0.05, 0.1) is 6.61 Å². The molecule has 200 valence electrons. The Morgan fingerprint density at radius 1 is 1.05 bits per heavy atom. The molecule has 1 amide bonds. The Bertz CT molecular complexity index is 1290. The highest BCUT2D eigenvalue weighted by atomic mass is 16.3. The first-order chi connectivity index (χ1) is 18.3. The second-order valence-corrected chi connectivity index (χ2v) is 10.6. The third-order valence-electron chi connectivity index (χ3n) is 7.51. The van der Waals surface area contributed by atoms with Crippen LogP contribution in [0, 0.1) is 6.92 Å². The summed E-state index contributed by atoms with van der Waals surface area (Å²) >= 11 is 0. The Balaban J connectivity index is 1.36. The minimum atomic E-state index is -0.314. The van der Waals surface area contributed by atoms with Gasteiger partial charge in [-0.2, -0.15) is 0 Å². The van der Waals surface area contributed by atoms with E-state index in [9.17, 15) is 9.90 Å². The lowest BCUT2D eigenvalue weighted by atomic mass is 9.92. The van der Waals surface area contributed by atoms with Crippen molar-refractivity contribution in [2.45, 2.75) is 45.8 Å². The van der Waals surface area contributed by atoms with Crippen molar-refractivity contribution in [1.82, 2.24) is 25.2 Å². The Hall–Kier alpha value is -3.56. The van der Waals surface area contributed by atoms with Crippen LogP contribution in [0.3, 0.4) is 0 Å². The van der Waals surface area contributed by atoms with Gasteiger partial charge in [-0.05, 0) is 63.1 Å². The number of hydrogen-bond acceptors (Lipinski definition) is 8. The predicted octanol–water partition coefficient (Wildman–Crippen LogP) is 2.66. The van der Waals surface area contributed by atoms with Gasteiger partial charge in [-0.25, -0.2) is 9.97 Å². The summed E-state index contributed by atoms with van der Waals surface area (Å²) in [6.07, 6.45) is 2.68. The highest BCUT2D eigenvalue weighted by Gasteiger charge is 2.26. The molecule has 2 unspecified atom stereocenters. The average Bonchev–Trinajstić information content (AvgIpc) is 2.92. The van der Waals surface area contributed by atoms with E-state index in [0.29, 0.717) is 11.7 Å². The van der Waals surface area contributed by atoms with Crippen molar-refractivity contribution in [2.75, 3.05) is 49.6 Å². The van der Waals surface area contributed by atoms with Crippen molar-refractivity contribution in [2.24, 2.45) is 0 Å². The second kappa shape index (κ2) is 11.0. The number of piperazine rings is 1. The highest BCUT2D eigenvalue weighted by Crippen LogP contribution is 2.32. The third-order valence-corrected chi connectivity index (χ3v) is 7.51. The zero-order chi connectivity index (χ0) is 26.8. The molecule has 2 aliphatic heterocycles. The molecule has 5 rings (SSSR count). The van der Waals surface area contributed by atoms with E-state index in [1.807, 2.05) is 13.0 Å². The Kier molecular flexibility index (Phi) is 7.58. The number of aliphatic hydroxyl groups is 1. The quantitative estimate of drug-likeness (QED) is 0.517. The van der Waals surface area contributed by atoms with Crippen LogP contribution in [0.25, 0.3) is 11.1 Å². The van der Waals surface area contributed by atoms with Gasteiger partial charge in [0.15, 0.2) is 0 Å². The van der Waals surface area contributed by atoms with Gasteiger partial charge in [0, 0.05) is 62.6 Å². The van der Waals surface area contributed by atoms with E-state index in [2.05, 4.69) is 63.2 Å². The molecule has 2 N–H and O–H groups in total. The number of carbonyl (C=O) groups is 1. The van der Waals surface area contributed by atoms with E-state index in [-0.39, 0.29) is 18.6 Å². The number of benzene rings is 1. The number of pyridine rings is 1. The van der Waals surface area contributed by atoms with Crippen molar-refractivity contribution in [3.63, 3.8) is 0 Å². The van der Waals surface area contributed by atoms with E-state index >= 15 is 0 Å². The Morgan fingerprint density at radius 2 is 1.79 bits per heavy atom. The molecule has 0 aliphatic carbocycles. The van der Waals surface area contributed by atoms with Crippen molar-refractivity contribution < 1.29 is 9.90 Å². The van der Waals surface area contributed by atoms with Crippen LogP contribution >= 0.6 is 0 Å². The molecule has 2 aromatic heterocycles. The zero-order valence-electron chi connectivity index (χ0n) is 22.7. The number of rotatable bonds is 6. The number of fused-ring (bicyclic) bond motifs is 1. The Labute approximate surface area is 224 Å². The van der Waals surface area contributed by atoms with E-state index in [0.717, 1.165) is 67.7 Å². The molecule has 9 heteroatoms. The summed E-state index contributed by atoms with van der Waals surface area (Å²) in [4.78, 5) is 33.4. The molecule has 0 spiro atoms. The molecule has 0 saturated carbocycles. The van der Waals surface area contributed by atoms with Crippen molar-refractivity contribution in [3.8, 4) is 11.1 Å². The average molecular weight is 516 g/mol. The van der Waals surface area contributed by atoms with Crippen LogP contribution in [0.5, 0.6) is 0 Å². The van der Waals surface area contributed by atoms with Gasteiger partial charge in [0.1, 0.15) is 23.2 Å². The first kappa shape index (κ1) is 26.1. The van der Waals surface area contributed by atoms with E-state index in [1.54, 1.807) is 19.2 Å². The number of aryl methyl sites for hydroxylation is 1. The largest absolute Gasteiger partial charge is 0.394 e. The Morgan fingerprint density at radius 3 is 2.50 bits per heavy atom. The number of aromatic nitrogens is 3. The maximum absolute atomic E-state index is 12.3. The molecule has 38 heavy (non-hydrogen) atoms. The molecule has 1 aromatic carbocycles. The number of carbonyl (C=O) groups excluding carboxylic acids is 1. The molecule has 2 aliphatic rings. The standard InChI is InChI=1S/C29H37N7O2/c1-19(18-37)31-29(38)26-8-7-24(16-30-26)23-6-5-22-13-20(2)36(17-25(22)14-23)28-15-27(32-21(3)33-28)35-11-9-34(4)10-12-35/h5-8,14-16,19-20,37H,9-13,17-18H2,1-4H3,(H,31,38). The monoisotopic (exact) mass is 515 g/mol. The minimum Gasteiger partial charge on any atom is -0.394 e. The summed E-state index contributed by atoms with van der Waals surface area (Å²) in [5.41, 5.74) is 4.99. The molecule has 0 radical (unpaired) electrons. The molecular formula is C29H37N7O2. The van der Waals surface area contributed by atoms with Crippen LogP contribution in [0.4, 0.5) is 11.6 Å². The molecule has 0 bridgehead atoms. The second-order valence-electron chi connectivity index (χ2n) is 10.6. The smallest absolute Gasteiger partial charge is 0.270 e. The SMILES string of the molecule is Cc1nc(N2CCN(C)CC2)cc(N2Cc3cc(-c4ccc(C(=O)NC(C)CO)nc4)ccc3CC2C)n1. The normalized spacial score (nSPS) is 18.7. The number of likely N-dealkylation sites (N-methyl/N-ethyl adjacent to an activating group) is 1. The fraction of sp³-hybridized carbons (Fsp3) is 0.448. The summed E-state index contributed by atoms with van der Waals surface area (Å²) in [6.45, 7) is 10.7. The number of aliphatic hydroxyl groups excluding tert-OH is 1. The fourth-order valence-electron chi connectivity index (χ4n) is 5.15. The number of hydrogen-bond donors (Lipinski definition) is 2. The lowest BCUT2D eigenvalue weighted by molar-refractivity contribution is 0.0917. The van der Waals surface area contributed by atoms with Crippen LogP contribution in [0.2, 0.25) is 0 Å². The van der Waals surface area contributed by atoms with Crippen LogP contribution in [0.1, 0.15) is 41.3 Å². The lowest BCUT2D eigenvalue weighted by Gasteiger charge is -2.37. The van der Waals surface area contributed by atoms with Crippen molar-refractivity contribution >= 4 is 17.5 Å². The topological polar surface area (TPSA) is 97.7 Å². The lowest BCUT2D eigenvalue weighted by Crippen LogP contribution is -2.45. The zero-order valence-corrected chi connectivity index (χ0v) is 22.7. The first-order valence-corrected chi connectivity index (χ1v) is 13.4. The summed E-state index contributed by atoms with van der Waals surface area (Å²) < 4.78 is 0. The van der Waals surface area contributed by atoms with Gasteiger partial charge >= 0.3 is 0 Å². The number of anilines is 2. The van der Waals surface area contributed by atoms with E-state index < -0.39 is 0 Å². The van der Waals surface area contributed by atoms with Crippen molar-refractivity contribution in [3.05, 3.63) is 65.2 Å². The molecular weight excluding hydrogens is 478 g/mol. The molecule has 9 nitrogen and oxygen atoms in total. The van der Waals surface area contributed by atoms with Gasteiger partial charge < -0.3 is 25.1 Å². The third kappa shape index (κ3) is 5.63. The maximum Gasteiger partial charge on any atom is 0.270 e. The van der Waals surface area contributed by atoms with Crippen LogP contribution in [-0.2, 0) is 13.0 Å². The van der Waals surface area contributed by atoms with Gasteiger partial charge in [0.25, 0.3) is 5.91 Å². The summed E-state index contributed by atoms with van der Waals surface area (Å²) in [6, 6.07) is 12.4. The van der Waals surface area contributed by atoms with Gasteiger partial charge in [0.2, 0.25) is 0 Å². The summed E-state index contributed by atoms with van der Waals surface area (Å²) in [5, 5.41) is 11.9. The van der Waals surface area contributed by atoms with Crippen LogP contribution < -0.4 is 15.1 Å². The number of amides is 1. The minimum absolute atomic E-state index is 0.111. The maximum atomic E-state index is 12.3. The molecule has 3 aromatic rings. The van der Waals surface area contributed by atoms with E-state index in [4.69, 9.17) is 9.97 Å². The molecule has 1 saturated heterocycles. The molecule has 1 fully saturated rings. The van der Waals surface area contributed by atoms with Crippen LogP contribution in [0.15, 0.2) is 42.6 Å².